The molecule has 0 unspecified atom stereocenters. The summed E-state index contributed by atoms with van der Waals surface area (Å²) in [6.45, 7) is 0. The number of hydrogen-bond acceptors (Lipinski definition) is 1. The molecule has 3 heteroatoms. The molecular formula is C19H19N3. The van der Waals surface area contributed by atoms with Crippen LogP contribution < -0.4 is 0 Å². The maximum Gasteiger partial charge on any atom is 0.216 e. The molecule has 0 radical (unpaired) electrons. The first-order valence-electron chi connectivity index (χ1n) is 8.29. The molecule has 5 rings (SSSR count). The number of benzene rings is 2. The van der Waals surface area contributed by atoms with Crippen molar-refractivity contribution in [1.82, 2.24) is 14.0 Å². The van der Waals surface area contributed by atoms with Crippen LogP contribution in [-0.2, 0) is 0 Å². The molecule has 1 saturated carbocycles. The molecule has 0 saturated heterocycles. The zero-order chi connectivity index (χ0) is 14.5. The van der Waals surface area contributed by atoms with Crippen LogP contribution in [0.25, 0.3) is 27.8 Å². The monoisotopic (exact) mass is 289 g/mol. The van der Waals surface area contributed by atoms with E-state index < -0.39 is 0 Å². The molecule has 1 fully saturated rings. The van der Waals surface area contributed by atoms with Crippen LogP contribution in [-0.4, -0.2) is 14.0 Å². The van der Waals surface area contributed by atoms with E-state index in [1.165, 1.54) is 48.7 Å². The molecule has 2 aromatic heterocycles. The molecule has 22 heavy (non-hydrogen) atoms. The average Bonchev–Trinajstić information content (AvgIpc) is 3.10. The van der Waals surface area contributed by atoms with Crippen molar-refractivity contribution in [1.29, 1.82) is 0 Å². The number of aromatic nitrogens is 3. The van der Waals surface area contributed by atoms with Crippen molar-refractivity contribution in [2.45, 2.75) is 38.1 Å². The van der Waals surface area contributed by atoms with Crippen LogP contribution in [0.2, 0.25) is 0 Å². The van der Waals surface area contributed by atoms with Gasteiger partial charge in [-0.1, -0.05) is 43.5 Å². The average molecular weight is 289 g/mol. The molecule has 1 aliphatic rings. The first-order valence-corrected chi connectivity index (χ1v) is 8.29. The molecule has 0 spiro atoms. The number of rotatable bonds is 1. The van der Waals surface area contributed by atoms with Gasteiger partial charge in [-0.15, -0.1) is 0 Å². The van der Waals surface area contributed by atoms with E-state index in [4.69, 9.17) is 4.98 Å². The van der Waals surface area contributed by atoms with Crippen LogP contribution in [0.4, 0.5) is 0 Å². The van der Waals surface area contributed by atoms with Gasteiger partial charge in [0.15, 0.2) is 0 Å². The van der Waals surface area contributed by atoms with Gasteiger partial charge in [-0.25, -0.2) is 4.98 Å². The third-order valence-electron chi connectivity index (χ3n) is 5.08. The Morgan fingerprint density at radius 2 is 1.45 bits per heavy atom. The Bertz CT molecular complexity index is 970. The Kier molecular flexibility index (Phi) is 2.57. The van der Waals surface area contributed by atoms with E-state index in [9.17, 15) is 0 Å². The number of hydrogen-bond donors (Lipinski definition) is 0. The molecule has 2 aromatic carbocycles. The molecule has 2 heterocycles. The first-order chi connectivity index (χ1) is 10.9. The van der Waals surface area contributed by atoms with E-state index >= 15 is 0 Å². The van der Waals surface area contributed by atoms with E-state index in [0.29, 0.717) is 6.04 Å². The van der Waals surface area contributed by atoms with E-state index in [1.807, 2.05) is 0 Å². The van der Waals surface area contributed by atoms with E-state index in [-0.39, 0.29) is 0 Å². The predicted molar refractivity (Wildman–Crippen MR) is 90.3 cm³/mol. The summed E-state index contributed by atoms with van der Waals surface area (Å²) in [7, 11) is 0. The molecular weight excluding hydrogens is 270 g/mol. The Hall–Kier alpha value is -2.29. The molecule has 110 valence electrons. The fourth-order valence-electron chi connectivity index (χ4n) is 4.08. The molecule has 0 atom stereocenters. The lowest BCUT2D eigenvalue weighted by atomic mass is 9.95. The number of para-hydroxylation sites is 4. The number of fused-ring (bicyclic) bond motifs is 5. The third-order valence-corrected chi connectivity index (χ3v) is 5.08. The lowest BCUT2D eigenvalue weighted by Crippen LogP contribution is -2.12. The van der Waals surface area contributed by atoms with Gasteiger partial charge >= 0.3 is 0 Å². The van der Waals surface area contributed by atoms with Crippen LogP contribution in [0.1, 0.15) is 38.1 Å². The summed E-state index contributed by atoms with van der Waals surface area (Å²) >= 11 is 0. The predicted octanol–water partition coefficient (Wildman–Crippen LogP) is 4.95. The summed E-state index contributed by atoms with van der Waals surface area (Å²) < 4.78 is 4.83. The molecule has 1 aliphatic carbocycles. The summed E-state index contributed by atoms with van der Waals surface area (Å²) in [5.74, 6) is 1.11. The van der Waals surface area contributed by atoms with Crippen molar-refractivity contribution >= 4 is 27.8 Å². The fourth-order valence-corrected chi connectivity index (χ4v) is 4.08. The van der Waals surface area contributed by atoms with Crippen LogP contribution in [0.3, 0.4) is 0 Å². The van der Waals surface area contributed by atoms with Crippen LogP contribution in [0.15, 0.2) is 48.5 Å². The van der Waals surface area contributed by atoms with Crippen molar-refractivity contribution < 1.29 is 0 Å². The van der Waals surface area contributed by atoms with Crippen LogP contribution in [0.5, 0.6) is 0 Å². The maximum atomic E-state index is 4.95. The second-order valence-electron chi connectivity index (χ2n) is 6.39. The lowest BCUT2D eigenvalue weighted by molar-refractivity contribution is 0.365. The van der Waals surface area contributed by atoms with Gasteiger partial charge in [0.25, 0.3) is 0 Å². The van der Waals surface area contributed by atoms with Gasteiger partial charge in [0.1, 0.15) is 0 Å². The fraction of sp³-hybridized carbons (Fsp3) is 0.316. The van der Waals surface area contributed by atoms with Crippen molar-refractivity contribution in [3.8, 4) is 0 Å². The van der Waals surface area contributed by atoms with Gasteiger partial charge in [-0.2, -0.15) is 0 Å². The van der Waals surface area contributed by atoms with Gasteiger partial charge in [0.05, 0.1) is 22.1 Å². The molecule has 0 bridgehead atoms. The van der Waals surface area contributed by atoms with Crippen molar-refractivity contribution in [2.24, 2.45) is 0 Å². The zero-order valence-corrected chi connectivity index (χ0v) is 12.6. The van der Waals surface area contributed by atoms with Crippen molar-refractivity contribution in [3.05, 3.63) is 48.5 Å². The smallest absolute Gasteiger partial charge is 0.216 e. The molecule has 4 aromatic rings. The minimum Gasteiger partial charge on any atom is -0.306 e. The summed E-state index contributed by atoms with van der Waals surface area (Å²) in [4.78, 5) is 4.95. The Morgan fingerprint density at radius 3 is 2.27 bits per heavy atom. The summed E-state index contributed by atoms with van der Waals surface area (Å²) in [6, 6.07) is 17.8. The second kappa shape index (κ2) is 4.60. The Balaban J connectivity index is 1.92. The Morgan fingerprint density at radius 1 is 0.773 bits per heavy atom. The topological polar surface area (TPSA) is 22.2 Å². The quantitative estimate of drug-likeness (QED) is 0.486. The van der Waals surface area contributed by atoms with Gasteiger partial charge in [0.2, 0.25) is 5.78 Å². The number of imidazole rings is 2. The van der Waals surface area contributed by atoms with E-state index in [1.54, 1.807) is 0 Å². The van der Waals surface area contributed by atoms with Crippen molar-refractivity contribution in [2.75, 3.05) is 0 Å². The zero-order valence-electron chi connectivity index (χ0n) is 12.6. The van der Waals surface area contributed by atoms with E-state index in [0.717, 1.165) is 11.3 Å². The van der Waals surface area contributed by atoms with Crippen LogP contribution in [0, 0.1) is 0 Å². The Labute approximate surface area is 129 Å². The third kappa shape index (κ3) is 1.59. The summed E-state index contributed by atoms with van der Waals surface area (Å²) in [5, 5.41) is 0. The highest BCUT2D eigenvalue weighted by atomic mass is 15.2. The first kappa shape index (κ1) is 12.3. The van der Waals surface area contributed by atoms with Gasteiger partial charge < -0.3 is 4.57 Å². The number of nitrogens with zero attached hydrogens (tertiary/aromatic N) is 3. The van der Waals surface area contributed by atoms with Crippen LogP contribution >= 0.6 is 0 Å². The maximum absolute atomic E-state index is 4.95. The largest absolute Gasteiger partial charge is 0.306 e. The highest BCUT2D eigenvalue weighted by Gasteiger charge is 2.22. The summed E-state index contributed by atoms with van der Waals surface area (Å²) in [5.41, 5.74) is 4.90. The summed E-state index contributed by atoms with van der Waals surface area (Å²) in [6.07, 6.45) is 6.60. The molecule has 0 aliphatic heterocycles. The molecule has 3 nitrogen and oxygen atoms in total. The standard InChI is InChI=1S/C19H19N3/c1-2-8-14(9-3-1)21-17-12-6-7-13-18(17)22-16-11-5-4-10-15(16)20-19(21)22/h4-7,10-14H,1-3,8-9H2. The molecule has 0 amide bonds. The van der Waals surface area contributed by atoms with Gasteiger partial charge in [0, 0.05) is 6.04 Å². The van der Waals surface area contributed by atoms with E-state index in [2.05, 4.69) is 57.5 Å². The lowest BCUT2D eigenvalue weighted by Gasteiger charge is -2.23. The minimum atomic E-state index is 0.591. The molecule has 0 N–H and O–H groups in total. The normalized spacial score (nSPS) is 16.9. The highest BCUT2D eigenvalue weighted by Crippen LogP contribution is 2.35. The van der Waals surface area contributed by atoms with Gasteiger partial charge in [-0.05, 0) is 37.1 Å². The van der Waals surface area contributed by atoms with Crippen molar-refractivity contribution in [3.63, 3.8) is 0 Å². The highest BCUT2D eigenvalue weighted by molar-refractivity contribution is 5.90. The minimum absolute atomic E-state index is 0.591. The SMILES string of the molecule is c1ccc2c(c1)nc1n(C3CCCCC3)c3ccccc3n21. The second-order valence-corrected chi connectivity index (χ2v) is 6.39. The van der Waals surface area contributed by atoms with Gasteiger partial charge in [-0.3, -0.25) is 4.40 Å².